The first-order valence-electron chi connectivity index (χ1n) is 7.29. The van der Waals surface area contributed by atoms with Gasteiger partial charge in [-0.2, -0.15) is 0 Å². The van der Waals surface area contributed by atoms with Gasteiger partial charge >= 0.3 is 0 Å². The number of rotatable bonds is 2. The second kappa shape index (κ2) is 5.35. The first kappa shape index (κ1) is 14.4. The first-order valence-corrected chi connectivity index (χ1v) is 8.10. The molecule has 3 heterocycles. The molecule has 112 valence electrons. The van der Waals surface area contributed by atoms with Crippen LogP contribution in [0, 0.1) is 0 Å². The Bertz CT molecular complexity index is 478. The first-order chi connectivity index (χ1) is 9.48. The van der Waals surface area contributed by atoms with Gasteiger partial charge in [-0.1, -0.05) is 0 Å². The molecule has 3 rings (SSSR count). The number of piperidine rings is 1. The number of nitrogens with one attached hydrogen (secondary N) is 1. The van der Waals surface area contributed by atoms with Crippen molar-refractivity contribution in [2.45, 2.75) is 63.6 Å². The van der Waals surface area contributed by atoms with Gasteiger partial charge in [0.25, 0.3) is 0 Å². The van der Waals surface area contributed by atoms with Crippen molar-refractivity contribution in [3.8, 4) is 0 Å². The highest BCUT2D eigenvalue weighted by atomic mass is 32.1. The summed E-state index contributed by atoms with van der Waals surface area (Å²) in [6, 6.07) is 2.77. The van der Waals surface area contributed by atoms with Crippen LogP contribution in [0.4, 0.5) is 8.78 Å². The van der Waals surface area contributed by atoms with E-state index in [1.807, 2.05) is 6.07 Å². The third-order valence-corrected chi connectivity index (χ3v) is 5.60. The minimum Gasteiger partial charge on any atom is -0.369 e. The molecule has 5 heteroatoms. The van der Waals surface area contributed by atoms with Crippen LogP contribution in [0.1, 0.15) is 42.0 Å². The highest BCUT2D eigenvalue weighted by Crippen LogP contribution is 2.46. The van der Waals surface area contributed by atoms with Gasteiger partial charge in [0, 0.05) is 28.3 Å². The number of hydrogen-bond donors (Lipinski definition) is 1. The number of hydrogen-bond acceptors (Lipinski definition) is 3. The third kappa shape index (κ3) is 2.63. The summed E-state index contributed by atoms with van der Waals surface area (Å²) in [4.78, 5) is 2.01. The molecule has 1 fully saturated rings. The summed E-state index contributed by atoms with van der Waals surface area (Å²) in [5, 5.41) is 3.53. The Hall–Kier alpha value is -0.520. The van der Waals surface area contributed by atoms with Gasteiger partial charge in [-0.25, -0.2) is 8.78 Å². The molecule has 1 N–H and O–H groups in total. The standard InChI is InChI=1S/C15H21F2NOS/c1-9-7-15(8-10(2)18-9)14-11(3-4-19-15)5-12(20-14)6-13(16)17/h5,9-10,13,18H,3-4,6-8H2,1-2H3/t9-,10+,15-. The second-order valence-corrected chi connectivity index (χ2v) is 7.27. The smallest absolute Gasteiger partial charge is 0.243 e. The van der Waals surface area contributed by atoms with E-state index < -0.39 is 6.43 Å². The van der Waals surface area contributed by atoms with Crippen molar-refractivity contribution >= 4 is 11.3 Å². The van der Waals surface area contributed by atoms with Gasteiger partial charge in [0.2, 0.25) is 6.43 Å². The van der Waals surface area contributed by atoms with E-state index in [1.54, 1.807) is 11.3 Å². The quantitative estimate of drug-likeness (QED) is 0.903. The van der Waals surface area contributed by atoms with Crippen LogP contribution in [-0.2, 0) is 23.2 Å². The summed E-state index contributed by atoms with van der Waals surface area (Å²) < 4.78 is 31.4. The van der Waals surface area contributed by atoms with E-state index in [-0.39, 0.29) is 12.0 Å². The van der Waals surface area contributed by atoms with Gasteiger partial charge in [0.05, 0.1) is 6.61 Å². The van der Waals surface area contributed by atoms with Gasteiger partial charge < -0.3 is 10.1 Å². The Balaban J connectivity index is 1.94. The Morgan fingerprint density at radius 3 is 2.75 bits per heavy atom. The molecule has 0 saturated carbocycles. The average molecular weight is 301 g/mol. The lowest BCUT2D eigenvalue weighted by atomic mass is 9.80. The van der Waals surface area contributed by atoms with Gasteiger partial charge in [0.1, 0.15) is 5.60 Å². The van der Waals surface area contributed by atoms with E-state index in [1.165, 1.54) is 10.4 Å². The van der Waals surface area contributed by atoms with Crippen molar-refractivity contribution < 1.29 is 13.5 Å². The molecule has 0 aromatic carbocycles. The molecular weight excluding hydrogens is 280 g/mol. The maximum Gasteiger partial charge on any atom is 0.243 e. The highest BCUT2D eigenvalue weighted by Gasteiger charge is 2.44. The molecule has 0 unspecified atom stereocenters. The Morgan fingerprint density at radius 2 is 2.10 bits per heavy atom. The normalized spacial score (nSPS) is 33.6. The summed E-state index contributed by atoms with van der Waals surface area (Å²) in [6.45, 7) is 5.04. The molecule has 20 heavy (non-hydrogen) atoms. The van der Waals surface area contributed by atoms with Crippen LogP contribution in [0.25, 0.3) is 0 Å². The molecule has 1 aromatic rings. The van der Waals surface area contributed by atoms with Crippen molar-refractivity contribution in [2.75, 3.05) is 6.61 Å². The SMILES string of the molecule is C[C@@H]1C[C@]2(C[C@H](C)N1)OCCc1cc(CC(F)F)sc12. The second-order valence-electron chi connectivity index (χ2n) is 6.13. The van der Waals surface area contributed by atoms with Crippen molar-refractivity contribution in [3.05, 3.63) is 21.4 Å². The lowest BCUT2D eigenvalue weighted by molar-refractivity contribution is -0.0932. The van der Waals surface area contributed by atoms with E-state index in [0.717, 1.165) is 24.1 Å². The number of thiophene rings is 1. The number of alkyl halides is 2. The van der Waals surface area contributed by atoms with Gasteiger partial charge in [-0.05, 0) is 44.7 Å². The predicted molar refractivity (Wildman–Crippen MR) is 76.7 cm³/mol. The molecule has 2 aliphatic heterocycles. The molecule has 2 nitrogen and oxygen atoms in total. The summed E-state index contributed by atoms with van der Waals surface area (Å²) >= 11 is 1.54. The zero-order chi connectivity index (χ0) is 14.3. The molecule has 1 aromatic heterocycles. The Kier molecular flexibility index (Phi) is 3.86. The average Bonchev–Trinajstić information content (AvgIpc) is 2.70. The van der Waals surface area contributed by atoms with Crippen molar-refractivity contribution in [1.29, 1.82) is 0 Å². The summed E-state index contributed by atoms with van der Waals surface area (Å²) in [6.07, 6.45) is 0.319. The highest BCUT2D eigenvalue weighted by molar-refractivity contribution is 7.12. The topological polar surface area (TPSA) is 21.3 Å². The zero-order valence-electron chi connectivity index (χ0n) is 11.9. The summed E-state index contributed by atoms with van der Waals surface area (Å²) in [5.41, 5.74) is 0.987. The molecule has 2 aliphatic rings. The van der Waals surface area contributed by atoms with Crippen LogP contribution in [0.2, 0.25) is 0 Å². The Labute approximate surface area is 122 Å². The van der Waals surface area contributed by atoms with E-state index in [2.05, 4.69) is 19.2 Å². The monoisotopic (exact) mass is 301 g/mol. The third-order valence-electron chi connectivity index (χ3n) is 4.22. The largest absolute Gasteiger partial charge is 0.369 e. The van der Waals surface area contributed by atoms with Crippen molar-refractivity contribution in [2.24, 2.45) is 0 Å². The fourth-order valence-corrected chi connectivity index (χ4v) is 5.09. The van der Waals surface area contributed by atoms with Crippen LogP contribution in [-0.4, -0.2) is 25.1 Å². The number of fused-ring (bicyclic) bond motifs is 2. The minimum absolute atomic E-state index is 0.128. The molecule has 1 saturated heterocycles. The van der Waals surface area contributed by atoms with Crippen LogP contribution < -0.4 is 5.32 Å². The molecule has 0 amide bonds. The van der Waals surface area contributed by atoms with Crippen LogP contribution in [0.15, 0.2) is 6.07 Å². The molecule has 0 aliphatic carbocycles. The van der Waals surface area contributed by atoms with Gasteiger partial charge in [-0.15, -0.1) is 11.3 Å². The summed E-state index contributed by atoms with van der Waals surface area (Å²) in [5.74, 6) is 0. The van der Waals surface area contributed by atoms with E-state index >= 15 is 0 Å². The predicted octanol–water partition coefficient (Wildman–Crippen LogP) is 3.48. The van der Waals surface area contributed by atoms with Crippen LogP contribution >= 0.6 is 11.3 Å². The van der Waals surface area contributed by atoms with Gasteiger partial charge in [-0.3, -0.25) is 0 Å². The Morgan fingerprint density at radius 1 is 1.40 bits per heavy atom. The molecular formula is C15H21F2NOS. The van der Waals surface area contributed by atoms with Crippen LogP contribution in [0.3, 0.4) is 0 Å². The van der Waals surface area contributed by atoms with Crippen molar-refractivity contribution in [3.63, 3.8) is 0 Å². The maximum absolute atomic E-state index is 12.6. The number of halogens is 2. The number of ether oxygens (including phenoxy) is 1. The fourth-order valence-electron chi connectivity index (χ4n) is 3.71. The maximum atomic E-state index is 12.6. The lowest BCUT2D eigenvalue weighted by Crippen LogP contribution is -2.52. The molecule has 0 bridgehead atoms. The van der Waals surface area contributed by atoms with E-state index in [0.29, 0.717) is 18.7 Å². The molecule has 3 atom stereocenters. The molecule has 1 spiro atoms. The van der Waals surface area contributed by atoms with Gasteiger partial charge in [0.15, 0.2) is 0 Å². The van der Waals surface area contributed by atoms with Crippen LogP contribution in [0.5, 0.6) is 0 Å². The summed E-state index contributed by atoms with van der Waals surface area (Å²) in [7, 11) is 0. The lowest BCUT2D eigenvalue weighted by Gasteiger charge is -2.45. The zero-order valence-corrected chi connectivity index (χ0v) is 12.7. The van der Waals surface area contributed by atoms with Crippen molar-refractivity contribution in [1.82, 2.24) is 5.32 Å². The fraction of sp³-hybridized carbons (Fsp3) is 0.733. The minimum atomic E-state index is -2.27. The van der Waals surface area contributed by atoms with E-state index in [9.17, 15) is 8.78 Å². The van der Waals surface area contributed by atoms with E-state index in [4.69, 9.17) is 4.74 Å². The molecule has 0 radical (unpaired) electrons.